The third-order valence-corrected chi connectivity index (χ3v) is 4.38. The highest BCUT2D eigenvalue weighted by Crippen LogP contribution is 2.33. The second kappa shape index (κ2) is 7.03. The molecule has 0 unspecified atom stereocenters. The SMILES string of the molecule is CCOc1ccccc1-n1c(O)c(/C=C2/C=Nc3ccccc32)c(=O)[nH]c1=O. The van der Waals surface area contributed by atoms with Crippen LogP contribution in [0.25, 0.3) is 17.3 Å². The molecule has 140 valence electrons. The number of hydrogen-bond acceptors (Lipinski definition) is 5. The summed E-state index contributed by atoms with van der Waals surface area (Å²) in [5.74, 6) is -0.0491. The predicted octanol–water partition coefficient (Wildman–Crippen LogP) is 2.89. The van der Waals surface area contributed by atoms with Gasteiger partial charge in [0.1, 0.15) is 11.3 Å². The zero-order chi connectivity index (χ0) is 19.7. The molecule has 0 spiro atoms. The van der Waals surface area contributed by atoms with Crippen molar-refractivity contribution >= 4 is 23.6 Å². The Labute approximate surface area is 159 Å². The Morgan fingerprint density at radius 1 is 1.14 bits per heavy atom. The van der Waals surface area contributed by atoms with Gasteiger partial charge < -0.3 is 9.84 Å². The van der Waals surface area contributed by atoms with Gasteiger partial charge in [0, 0.05) is 17.4 Å². The van der Waals surface area contributed by atoms with Crippen molar-refractivity contribution in [2.45, 2.75) is 6.92 Å². The number of ether oxygens (including phenoxy) is 1. The highest BCUT2D eigenvalue weighted by atomic mass is 16.5. The van der Waals surface area contributed by atoms with E-state index in [0.717, 1.165) is 15.8 Å². The molecule has 7 nitrogen and oxygen atoms in total. The van der Waals surface area contributed by atoms with Gasteiger partial charge in [0.05, 0.1) is 18.0 Å². The first-order valence-electron chi connectivity index (χ1n) is 8.76. The van der Waals surface area contributed by atoms with E-state index in [1.165, 1.54) is 6.08 Å². The summed E-state index contributed by atoms with van der Waals surface area (Å²) in [6, 6.07) is 14.3. The van der Waals surface area contributed by atoms with Crippen molar-refractivity contribution in [3.05, 3.63) is 80.5 Å². The Morgan fingerprint density at radius 3 is 2.71 bits per heavy atom. The number of aromatic amines is 1. The van der Waals surface area contributed by atoms with Crippen LogP contribution in [0.4, 0.5) is 5.69 Å². The van der Waals surface area contributed by atoms with Crippen molar-refractivity contribution in [2.24, 2.45) is 4.99 Å². The Balaban J connectivity index is 1.92. The fourth-order valence-corrected chi connectivity index (χ4v) is 3.12. The molecule has 0 saturated heterocycles. The van der Waals surface area contributed by atoms with Crippen molar-refractivity contribution in [1.82, 2.24) is 9.55 Å². The van der Waals surface area contributed by atoms with Crippen molar-refractivity contribution in [1.29, 1.82) is 0 Å². The molecule has 0 aliphatic carbocycles. The minimum absolute atomic E-state index is 0.0379. The monoisotopic (exact) mass is 375 g/mol. The number of nitrogens with one attached hydrogen (secondary N) is 1. The number of aromatic nitrogens is 2. The van der Waals surface area contributed by atoms with Crippen molar-refractivity contribution in [2.75, 3.05) is 6.61 Å². The third kappa shape index (κ3) is 2.92. The van der Waals surface area contributed by atoms with Gasteiger partial charge in [-0.3, -0.25) is 14.8 Å². The molecular formula is C21H17N3O4. The largest absolute Gasteiger partial charge is 0.494 e. The summed E-state index contributed by atoms with van der Waals surface area (Å²) in [6.45, 7) is 2.21. The molecule has 0 saturated carbocycles. The van der Waals surface area contributed by atoms with E-state index in [-0.39, 0.29) is 5.56 Å². The summed E-state index contributed by atoms with van der Waals surface area (Å²) in [4.78, 5) is 31.4. The lowest BCUT2D eigenvalue weighted by Gasteiger charge is -2.14. The van der Waals surface area contributed by atoms with Crippen molar-refractivity contribution in [3.63, 3.8) is 0 Å². The second-order valence-corrected chi connectivity index (χ2v) is 6.11. The maximum Gasteiger partial charge on any atom is 0.335 e. The molecule has 0 fully saturated rings. The molecule has 2 aromatic carbocycles. The van der Waals surface area contributed by atoms with E-state index in [1.54, 1.807) is 30.5 Å². The lowest BCUT2D eigenvalue weighted by Crippen LogP contribution is -2.30. The number of allylic oxidation sites excluding steroid dienone is 1. The fraction of sp³-hybridized carbons (Fsp3) is 0.0952. The molecule has 2 heterocycles. The second-order valence-electron chi connectivity index (χ2n) is 6.11. The van der Waals surface area contributed by atoms with Crippen molar-refractivity contribution < 1.29 is 9.84 Å². The first-order valence-corrected chi connectivity index (χ1v) is 8.76. The van der Waals surface area contributed by atoms with Crippen LogP contribution in [0.15, 0.2) is 63.1 Å². The molecule has 7 heteroatoms. The first kappa shape index (κ1) is 17.5. The molecular weight excluding hydrogens is 358 g/mol. The van der Waals surface area contributed by atoms with E-state index >= 15 is 0 Å². The van der Waals surface area contributed by atoms with Crippen molar-refractivity contribution in [3.8, 4) is 17.3 Å². The minimum Gasteiger partial charge on any atom is -0.494 e. The maximum atomic E-state index is 12.5. The van der Waals surface area contributed by atoms with Gasteiger partial charge in [-0.15, -0.1) is 0 Å². The van der Waals surface area contributed by atoms with Gasteiger partial charge in [0.15, 0.2) is 0 Å². The highest BCUT2D eigenvalue weighted by Gasteiger charge is 2.19. The summed E-state index contributed by atoms with van der Waals surface area (Å²) in [5, 5.41) is 10.8. The molecule has 3 aromatic rings. The van der Waals surface area contributed by atoms with Crippen LogP contribution in [0.2, 0.25) is 0 Å². The van der Waals surface area contributed by atoms with Crippen LogP contribution in [0, 0.1) is 0 Å². The maximum absolute atomic E-state index is 12.5. The topological polar surface area (TPSA) is 96.7 Å². The Morgan fingerprint density at radius 2 is 1.89 bits per heavy atom. The third-order valence-electron chi connectivity index (χ3n) is 4.38. The molecule has 4 rings (SSSR count). The van der Waals surface area contributed by atoms with Gasteiger partial charge in [-0.05, 0) is 31.2 Å². The number of aliphatic imine (C=N–C) groups is 1. The number of para-hydroxylation sites is 3. The van der Waals surface area contributed by atoms with E-state index in [9.17, 15) is 14.7 Å². The number of nitrogens with zero attached hydrogens (tertiary/aromatic N) is 2. The van der Waals surface area contributed by atoms with Crippen LogP contribution in [-0.2, 0) is 0 Å². The lowest BCUT2D eigenvalue weighted by atomic mass is 10.1. The zero-order valence-electron chi connectivity index (χ0n) is 15.0. The normalized spacial score (nSPS) is 13.7. The quantitative estimate of drug-likeness (QED) is 0.733. The molecule has 1 aliphatic heterocycles. The number of rotatable bonds is 4. The minimum atomic E-state index is -0.753. The number of hydrogen-bond donors (Lipinski definition) is 2. The lowest BCUT2D eigenvalue weighted by molar-refractivity contribution is 0.336. The number of H-pyrrole nitrogens is 1. The highest BCUT2D eigenvalue weighted by molar-refractivity contribution is 6.21. The van der Waals surface area contributed by atoms with Crippen LogP contribution in [-0.4, -0.2) is 27.5 Å². The molecule has 1 aliphatic rings. The van der Waals surface area contributed by atoms with Crippen LogP contribution in [0.5, 0.6) is 11.6 Å². The molecule has 0 radical (unpaired) electrons. The predicted molar refractivity (Wildman–Crippen MR) is 108 cm³/mol. The van der Waals surface area contributed by atoms with Crippen LogP contribution in [0.1, 0.15) is 18.1 Å². The summed E-state index contributed by atoms with van der Waals surface area (Å²) < 4.78 is 6.58. The molecule has 0 bridgehead atoms. The van der Waals surface area contributed by atoms with E-state index in [4.69, 9.17) is 4.74 Å². The molecule has 0 atom stereocenters. The van der Waals surface area contributed by atoms with Crippen LogP contribution < -0.4 is 16.0 Å². The smallest absolute Gasteiger partial charge is 0.335 e. The molecule has 0 amide bonds. The van der Waals surface area contributed by atoms with Gasteiger partial charge in [-0.1, -0.05) is 30.3 Å². The summed E-state index contributed by atoms with van der Waals surface area (Å²) >= 11 is 0. The summed E-state index contributed by atoms with van der Waals surface area (Å²) in [7, 11) is 0. The van der Waals surface area contributed by atoms with E-state index in [2.05, 4.69) is 9.98 Å². The number of aromatic hydroxyl groups is 1. The molecule has 1 aromatic heterocycles. The van der Waals surface area contributed by atoms with E-state index < -0.39 is 17.1 Å². The first-order chi connectivity index (χ1) is 13.6. The zero-order valence-corrected chi connectivity index (χ0v) is 15.0. The fourth-order valence-electron chi connectivity index (χ4n) is 3.12. The Bertz CT molecular complexity index is 1230. The average molecular weight is 375 g/mol. The van der Waals surface area contributed by atoms with Crippen LogP contribution in [0.3, 0.4) is 0 Å². The van der Waals surface area contributed by atoms with E-state index in [0.29, 0.717) is 23.6 Å². The standard InChI is InChI=1S/C21H17N3O4/c1-2-28-18-10-6-5-9-17(18)24-20(26)15(19(25)23-21(24)27)11-13-12-22-16-8-4-3-7-14(13)16/h3-12,26H,2H2,1H3,(H,23,25,27)/b13-11-. The van der Waals surface area contributed by atoms with Gasteiger partial charge in [-0.25, -0.2) is 9.36 Å². The van der Waals surface area contributed by atoms with Gasteiger partial charge >= 0.3 is 5.69 Å². The van der Waals surface area contributed by atoms with Crippen LogP contribution >= 0.6 is 0 Å². The number of fused-ring (bicyclic) bond motifs is 1. The molecule has 2 N–H and O–H groups in total. The summed E-state index contributed by atoms with van der Waals surface area (Å²) in [6.07, 6.45) is 3.13. The van der Waals surface area contributed by atoms with Gasteiger partial charge in [-0.2, -0.15) is 0 Å². The Kier molecular flexibility index (Phi) is 4.41. The summed E-state index contributed by atoms with van der Waals surface area (Å²) in [5.41, 5.74) is 1.15. The average Bonchev–Trinajstić information content (AvgIpc) is 3.09. The van der Waals surface area contributed by atoms with Gasteiger partial charge in [0.2, 0.25) is 5.88 Å². The Hall–Kier alpha value is -3.87. The van der Waals surface area contributed by atoms with Gasteiger partial charge in [0.25, 0.3) is 5.56 Å². The number of benzene rings is 2. The molecule has 28 heavy (non-hydrogen) atoms. The van der Waals surface area contributed by atoms with E-state index in [1.807, 2.05) is 31.2 Å².